The van der Waals surface area contributed by atoms with Gasteiger partial charge in [0.2, 0.25) is 0 Å². The molecule has 0 saturated heterocycles. The molecule has 0 atom stereocenters. The second-order valence-corrected chi connectivity index (χ2v) is 5.85. The highest BCUT2D eigenvalue weighted by Crippen LogP contribution is 2.37. The molecule has 2 aromatic carbocycles. The Morgan fingerprint density at radius 3 is 2.14 bits per heavy atom. The van der Waals surface area contributed by atoms with E-state index in [4.69, 9.17) is 4.74 Å². The molecule has 0 radical (unpaired) electrons. The maximum absolute atomic E-state index is 13.0. The normalized spacial score (nSPS) is 11.5. The van der Waals surface area contributed by atoms with E-state index in [9.17, 15) is 13.2 Å². The smallest absolute Gasteiger partial charge is 0.419 e. The average molecular weight is 424 g/mol. The molecule has 0 heterocycles. The maximum atomic E-state index is 13.0. The maximum Gasteiger partial charge on any atom is 0.419 e. The molecule has 6 heteroatoms. The van der Waals surface area contributed by atoms with Crippen molar-refractivity contribution in [1.82, 2.24) is 0 Å². The van der Waals surface area contributed by atoms with Crippen molar-refractivity contribution in [1.29, 1.82) is 0 Å². The van der Waals surface area contributed by atoms with Gasteiger partial charge in [-0.2, -0.15) is 13.2 Å². The highest BCUT2D eigenvalue weighted by Gasteiger charge is 2.34. The third-order valence-corrected chi connectivity index (χ3v) is 3.99. The SMILES string of the molecule is FC(F)(F)c1cc(CBr)ccc1OCc1ccc(Br)cc1. The highest BCUT2D eigenvalue weighted by molar-refractivity contribution is 9.10. The summed E-state index contributed by atoms with van der Waals surface area (Å²) < 4.78 is 45.4. The molecule has 0 unspecified atom stereocenters. The summed E-state index contributed by atoms with van der Waals surface area (Å²) in [4.78, 5) is 0. The Labute approximate surface area is 137 Å². The van der Waals surface area contributed by atoms with Crippen LogP contribution in [-0.4, -0.2) is 0 Å². The Hall–Kier alpha value is -1.01. The van der Waals surface area contributed by atoms with Crippen LogP contribution in [0, 0.1) is 0 Å². The molecule has 1 nitrogen and oxygen atoms in total. The molecule has 0 aliphatic carbocycles. The molecular weight excluding hydrogens is 413 g/mol. The summed E-state index contributed by atoms with van der Waals surface area (Å²) >= 11 is 6.45. The van der Waals surface area contributed by atoms with E-state index in [0.29, 0.717) is 10.9 Å². The predicted molar refractivity (Wildman–Crippen MR) is 82.5 cm³/mol. The topological polar surface area (TPSA) is 9.23 Å². The number of benzene rings is 2. The van der Waals surface area contributed by atoms with Crippen LogP contribution in [0.1, 0.15) is 16.7 Å². The molecule has 112 valence electrons. The van der Waals surface area contributed by atoms with Crippen molar-refractivity contribution in [3.8, 4) is 5.75 Å². The lowest BCUT2D eigenvalue weighted by atomic mass is 10.1. The van der Waals surface area contributed by atoms with E-state index in [1.54, 1.807) is 18.2 Å². The molecule has 0 fully saturated rings. The van der Waals surface area contributed by atoms with Crippen LogP contribution in [0.2, 0.25) is 0 Å². The van der Waals surface area contributed by atoms with Crippen LogP contribution >= 0.6 is 31.9 Å². The van der Waals surface area contributed by atoms with Gasteiger partial charge in [-0.15, -0.1) is 0 Å². The van der Waals surface area contributed by atoms with Crippen molar-refractivity contribution in [2.45, 2.75) is 18.1 Å². The van der Waals surface area contributed by atoms with E-state index in [2.05, 4.69) is 31.9 Å². The molecule has 0 aliphatic heterocycles. The number of hydrogen-bond acceptors (Lipinski definition) is 1. The van der Waals surface area contributed by atoms with Crippen molar-refractivity contribution >= 4 is 31.9 Å². The van der Waals surface area contributed by atoms with Crippen molar-refractivity contribution in [2.24, 2.45) is 0 Å². The summed E-state index contributed by atoms with van der Waals surface area (Å²) in [5.41, 5.74) is 0.603. The van der Waals surface area contributed by atoms with Crippen molar-refractivity contribution in [3.05, 3.63) is 63.6 Å². The molecule has 0 amide bonds. The average Bonchev–Trinajstić information content (AvgIpc) is 2.45. The Bertz CT molecular complexity index is 609. The van der Waals surface area contributed by atoms with Gasteiger partial charge < -0.3 is 4.74 Å². The van der Waals surface area contributed by atoms with E-state index in [1.165, 1.54) is 6.07 Å². The Morgan fingerprint density at radius 2 is 1.57 bits per heavy atom. The third-order valence-electron chi connectivity index (χ3n) is 2.81. The fraction of sp³-hybridized carbons (Fsp3) is 0.200. The first-order chi connectivity index (χ1) is 9.90. The Balaban J connectivity index is 2.21. The first-order valence-electron chi connectivity index (χ1n) is 6.03. The third kappa shape index (κ3) is 4.48. The van der Waals surface area contributed by atoms with Crippen LogP contribution in [0.3, 0.4) is 0 Å². The summed E-state index contributed by atoms with van der Waals surface area (Å²) in [6, 6.07) is 11.3. The first kappa shape index (κ1) is 16.4. The van der Waals surface area contributed by atoms with Crippen LogP contribution in [0.15, 0.2) is 46.9 Å². The highest BCUT2D eigenvalue weighted by atomic mass is 79.9. The van der Waals surface area contributed by atoms with Crippen LogP contribution in [0.5, 0.6) is 5.75 Å². The lowest BCUT2D eigenvalue weighted by molar-refractivity contribution is -0.139. The molecule has 0 spiro atoms. The van der Waals surface area contributed by atoms with Gasteiger partial charge in [-0.05, 0) is 35.4 Å². The van der Waals surface area contributed by atoms with Crippen LogP contribution in [0.4, 0.5) is 13.2 Å². The van der Waals surface area contributed by atoms with Gasteiger partial charge in [0, 0.05) is 9.80 Å². The molecule has 0 bridgehead atoms. The number of rotatable bonds is 4. The first-order valence-corrected chi connectivity index (χ1v) is 7.95. The standard InChI is InChI=1S/C15H11Br2F3O/c16-8-11-3-6-14(13(7-11)15(18,19)20)21-9-10-1-4-12(17)5-2-10/h1-7H,8-9H2. The molecule has 0 N–H and O–H groups in total. The quantitative estimate of drug-likeness (QED) is 0.552. The van der Waals surface area contributed by atoms with Gasteiger partial charge in [0.1, 0.15) is 12.4 Å². The van der Waals surface area contributed by atoms with Crippen LogP contribution in [-0.2, 0) is 18.1 Å². The molecule has 0 aromatic heterocycles. The van der Waals surface area contributed by atoms with Gasteiger partial charge in [-0.25, -0.2) is 0 Å². The predicted octanol–water partition coefficient (Wildman–Crippen LogP) is 5.94. The number of halogens is 5. The summed E-state index contributed by atoms with van der Waals surface area (Å²) in [5, 5.41) is 0.364. The zero-order valence-electron chi connectivity index (χ0n) is 10.8. The van der Waals surface area contributed by atoms with Gasteiger partial charge in [-0.3, -0.25) is 0 Å². The van der Waals surface area contributed by atoms with Crippen LogP contribution < -0.4 is 4.74 Å². The van der Waals surface area contributed by atoms with E-state index in [-0.39, 0.29) is 12.4 Å². The molecule has 2 aromatic rings. The zero-order valence-corrected chi connectivity index (χ0v) is 13.9. The van der Waals surface area contributed by atoms with Gasteiger partial charge >= 0.3 is 6.18 Å². The summed E-state index contributed by atoms with van der Waals surface area (Å²) in [5.74, 6) is -0.157. The summed E-state index contributed by atoms with van der Waals surface area (Å²) in [7, 11) is 0. The Morgan fingerprint density at radius 1 is 0.952 bits per heavy atom. The minimum Gasteiger partial charge on any atom is -0.488 e. The van der Waals surface area contributed by atoms with Gasteiger partial charge in [0.05, 0.1) is 5.56 Å². The largest absolute Gasteiger partial charge is 0.488 e. The van der Waals surface area contributed by atoms with E-state index < -0.39 is 11.7 Å². The molecule has 0 aliphatic rings. The minimum absolute atomic E-state index is 0.0873. The van der Waals surface area contributed by atoms with E-state index >= 15 is 0 Å². The molecule has 2 rings (SSSR count). The van der Waals surface area contributed by atoms with Crippen molar-refractivity contribution in [3.63, 3.8) is 0 Å². The molecule has 0 saturated carbocycles. The van der Waals surface area contributed by atoms with E-state index in [1.807, 2.05) is 12.1 Å². The lowest BCUT2D eigenvalue weighted by Gasteiger charge is -2.15. The fourth-order valence-electron chi connectivity index (χ4n) is 1.75. The number of hydrogen-bond donors (Lipinski definition) is 0. The van der Waals surface area contributed by atoms with Crippen molar-refractivity contribution in [2.75, 3.05) is 0 Å². The second-order valence-electron chi connectivity index (χ2n) is 4.38. The van der Waals surface area contributed by atoms with Gasteiger partial charge in [0.25, 0.3) is 0 Å². The molecule has 21 heavy (non-hydrogen) atoms. The monoisotopic (exact) mass is 422 g/mol. The van der Waals surface area contributed by atoms with Crippen LogP contribution in [0.25, 0.3) is 0 Å². The zero-order chi connectivity index (χ0) is 15.5. The summed E-state index contributed by atoms with van der Waals surface area (Å²) in [6.07, 6.45) is -4.44. The lowest BCUT2D eigenvalue weighted by Crippen LogP contribution is -2.09. The van der Waals surface area contributed by atoms with Gasteiger partial charge in [-0.1, -0.05) is 50.1 Å². The number of ether oxygens (including phenoxy) is 1. The fourth-order valence-corrected chi connectivity index (χ4v) is 2.36. The summed E-state index contributed by atoms with van der Waals surface area (Å²) in [6.45, 7) is 0.0873. The van der Waals surface area contributed by atoms with Gasteiger partial charge in [0.15, 0.2) is 0 Å². The minimum atomic E-state index is -4.44. The Kier molecular flexibility index (Phi) is 5.32. The van der Waals surface area contributed by atoms with E-state index in [0.717, 1.165) is 16.1 Å². The van der Waals surface area contributed by atoms with Crippen molar-refractivity contribution < 1.29 is 17.9 Å². The number of alkyl halides is 4. The second kappa shape index (κ2) is 6.83. The molecular formula is C15H11Br2F3O.